The van der Waals surface area contributed by atoms with E-state index in [1.807, 2.05) is 90.7 Å². The van der Waals surface area contributed by atoms with Gasteiger partial charge in [-0.1, -0.05) is 60.7 Å². The highest BCUT2D eigenvalue weighted by Crippen LogP contribution is 2.36. The molecular weight excluding hydrogens is 490 g/mol. The second-order valence-corrected chi connectivity index (χ2v) is 9.98. The Kier molecular flexibility index (Phi) is 7.50. The van der Waals surface area contributed by atoms with Gasteiger partial charge in [0, 0.05) is 24.7 Å². The van der Waals surface area contributed by atoms with E-state index in [-0.39, 0.29) is 17.5 Å². The Balaban J connectivity index is 1.47. The molecule has 1 fully saturated rings. The van der Waals surface area contributed by atoms with Gasteiger partial charge in [-0.25, -0.2) is 4.68 Å². The molecule has 39 heavy (non-hydrogen) atoms. The fourth-order valence-corrected chi connectivity index (χ4v) is 5.45. The van der Waals surface area contributed by atoms with Crippen LogP contribution in [0.2, 0.25) is 0 Å². The maximum Gasteiger partial charge on any atom is 0.267 e. The quantitative estimate of drug-likeness (QED) is 0.337. The van der Waals surface area contributed by atoms with Crippen LogP contribution in [0.4, 0.5) is 0 Å². The zero-order chi connectivity index (χ0) is 27.4. The summed E-state index contributed by atoms with van der Waals surface area (Å²) in [5.74, 6) is 1.23. The van der Waals surface area contributed by atoms with Gasteiger partial charge in [0.05, 0.1) is 31.4 Å². The van der Waals surface area contributed by atoms with Gasteiger partial charge < -0.3 is 14.4 Å². The Labute approximate surface area is 228 Å². The van der Waals surface area contributed by atoms with Gasteiger partial charge in [-0.3, -0.25) is 9.59 Å². The number of likely N-dealkylation sites (tertiary alicyclic amines) is 1. The lowest BCUT2D eigenvalue weighted by Crippen LogP contribution is -2.50. The monoisotopic (exact) mass is 523 g/mol. The van der Waals surface area contributed by atoms with Crippen molar-refractivity contribution in [2.45, 2.75) is 31.2 Å². The van der Waals surface area contributed by atoms with Crippen molar-refractivity contribution in [3.8, 4) is 22.8 Å². The lowest BCUT2D eigenvalue weighted by molar-refractivity contribution is -0.137. The second-order valence-electron chi connectivity index (χ2n) is 9.98. The van der Waals surface area contributed by atoms with E-state index in [2.05, 4.69) is 0 Å². The Morgan fingerprint density at radius 3 is 2.13 bits per heavy atom. The number of aromatic nitrogens is 2. The Bertz CT molecular complexity index is 1460. The molecule has 4 aromatic rings. The van der Waals surface area contributed by atoms with E-state index in [0.717, 1.165) is 29.5 Å². The molecule has 1 aromatic heterocycles. The van der Waals surface area contributed by atoms with Crippen LogP contribution in [0.15, 0.2) is 95.8 Å². The van der Waals surface area contributed by atoms with Crippen LogP contribution >= 0.6 is 0 Å². The molecular formula is C32H33N3O4. The molecule has 1 atom stereocenters. The molecule has 1 aliphatic rings. The van der Waals surface area contributed by atoms with Crippen molar-refractivity contribution < 1.29 is 14.3 Å². The topological polar surface area (TPSA) is 73.7 Å². The molecule has 1 saturated heterocycles. The number of rotatable bonds is 7. The number of nitrogens with zero attached hydrogens (tertiary/aromatic N) is 3. The van der Waals surface area contributed by atoms with Gasteiger partial charge in [0.15, 0.2) is 11.5 Å². The molecule has 0 spiro atoms. The molecule has 0 unspecified atom stereocenters. The van der Waals surface area contributed by atoms with Crippen LogP contribution < -0.4 is 15.0 Å². The number of amides is 1. The molecule has 200 valence electrons. The van der Waals surface area contributed by atoms with Crippen LogP contribution in [0.5, 0.6) is 11.5 Å². The molecule has 0 saturated carbocycles. The maximum absolute atomic E-state index is 14.3. The Hall–Kier alpha value is -4.39. The lowest BCUT2D eigenvalue weighted by Gasteiger charge is -2.39. The summed E-state index contributed by atoms with van der Waals surface area (Å²) in [4.78, 5) is 29.2. The molecule has 1 aliphatic heterocycles. The smallest absolute Gasteiger partial charge is 0.267 e. The van der Waals surface area contributed by atoms with Gasteiger partial charge >= 0.3 is 0 Å². The third-order valence-electron chi connectivity index (χ3n) is 7.66. The number of carbonyl (C=O) groups excluding carboxylic acids is 1. The maximum atomic E-state index is 14.3. The highest BCUT2D eigenvalue weighted by atomic mass is 16.5. The van der Waals surface area contributed by atoms with Crippen molar-refractivity contribution >= 4 is 5.91 Å². The minimum atomic E-state index is -0.857. The van der Waals surface area contributed by atoms with Crippen LogP contribution in [0.3, 0.4) is 0 Å². The molecule has 0 bridgehead atoms. The highest BCUT2D eigenvalue weighted by molar-refractivity contribution is 5.91. The summed E-state index contributed by atoms with van der Waals surface area (Å²) in [6.45, 7) is 3.04. The number of ether oxygens (including phenoxy) is 2. The van der Waals surface area contributed by atoms with Crippen LogP contribution in [0.25, 0.3) is 11.3 Å². The molecule has 7 nitrogen and oxygen atoms in total. The van der Waals surface area contributed by atoms with E-state index in [1.165, 1.54) is 10.7 Å². The van der Waals surface area contributed by atoms with Crippen molar-refractivity contribution in [2.24, 2.45) is 0 Å². The lowest BCUT2D eigenvalue weighted by atomic mass is 9.74. The summed E-state index contributed by atoms with van der Waals surface area (Å²) in [7, 11) is 3.18. The summed E-state index contributed by atoms with van der Waals surface area (Å²) in [5, 5.41) is 4.74. The predicted octanol–water partition coefficient (Wildman–Crippen LogP) is 5.10. The minimum Gasteiger partial charge on any atom is -0.493 e. The number of carbonyl (C=O) groups is 1. The molecule has 3 aromatic carbocycles. The largest absolute Gasteiger partial charge is 0.493 e. The van der Waals surface area contributed by atoms with Crippen LogP contribution in [-0.4, -0.2) is 47.9 Å². The number of hydrogen-bond donors (Lipinski definition) is 0. The molecule has 2 heterocycles. The van der Waals surface area contributed by atoms with E-state index < -0.39 is 5.41 Å². The fourth-order valence-electron chi connectivity index (χ4n) is 5.45. The van der Waals surface area contributed by atoms with Crippen LogP contribution in [0, 0.1) is 0 Å². The van der Waals surface area contributed by atoms with Crippen molar-refractivity contribution in [3.63, 3.8) is 0 Å². The highest BCUT2D eigenvalue weighted by Gasteiger charge is 2.41. The SMILES string of the molecule is COc1ccc(-c2ccc(=O)n([C@H]3CCCN(C(=O)C(C)(c4ccccc4)c4ccccc4)C3)n2)cc1OC. The first-order chi connectivity index (χ1) is 19.0. The fraction of sp³-hybridized carbons (Fsp3) is 0.281. The van der Waals surface area contributed by atoms with Crippen molar-refractivity contribution in [3.05, 3.63) is 112 Å². The van der Waals surface area contributed by atoms with Gasteiger partial charge in [0.2, 0.25) is 5.91 Å². The number of piperidine rings is 1. The van der Waals surface area contributed by atoms with Crippen molar-refractivity contribution in [1.29, 1.82) is 0 Å². The van der Waals surface area contributed by atoms with Crippen molar-refractivity contribution in [1.82, 2.24) is 14.7 Å². The van der Waals surface area contributed by atoms with Gasteiger partial charge in [0.1, 0.15) is 0 Å². The molecule has 1 amide bonds. The average molecular weight is 524 g/mol. The number of methoxy groups -OCH3 is 2. The molecule has 0 aliphatic carbocycles. The zero-order valence-electron chi connectivity index (χ0n) is 22.5. The summed E-state index contributed by atoms with van der Waals surface area (Å²) in [5.41, 5.74) is 2.29. The van der Waals surface area contributed by atoms with E-state index in [9.17, 15) is 9.59 Å². The normalized spacial score (nSPS) is 15.6. The van der Waals surface area contributed by atoms with Gasteiger partial charge in [-0.15, -0.1) is 0 Å². The third kappa shape index (κ3) is 5.04. The minimum absolute atomic E-state index is 0.0219. The number of benzene rings is 3. The summed E-state index contributed by atoms with van der Waals surface area (Å²) >= 11 is 0. The van der Waals surface area contributed by atoms with Gasteiger partial charge in [0.25, 0.3) is 5.56 Å². The first-order valence-electron chi connectivity index (χ1n) is 13.2. The molecule has 0 N–H and O–H groups in total. The van der Waals surface area contributed by atoms with E-state index in [1.54, 1.807) is 20.3 Å². The Morgan fingerprint density at radius 1 is 0.872 bits per heavy atom. The first kappa shape index (κ1) is 26.2. The van der Waals surface area contributed by atoms with Crippen molar-refractivity contribution in [2.75, 3.05) is 27.3 Å². The zero-order valence-corrected chi connectivity index (χ0v) is 22.5. The molecule has 0 radical (unpaired) electrons. The average Bonchev–Trinajstić information content (AvgIpc) is 3.01. The predicted molar refractivity (Wildman–Crippen MR) is 151 cm³/mol. The Morgan fingerprint density at radius 2 is 1.51 bits per heavy atom. The molecule has 5 rings (SSSR count). The molecule has 7 heteroatoms. The van der Waals surface area contributed by atoms with E-state index in [0.29, 0.717) is 30.3 Å². The van der Waals surface area contributed by atoms with Gasteiger partial charge in [-0.2, -0.15) is 5.10 Å². The van der Waals surface area contributed by atoms with Gasteiger partial charge in [-0.05, 0) is 55.2 Å². The van der Waals surface area contributed by atoms with Crippen LogP contribution in [-0.2, 0) is 10.2 Å². The van der Waals surface area contributed by atoms with Crippen LogP contribution in [0.1, 0.15) is 36.9 Å². The number of hydrogen-bond acceptors (Lipinski definition) is 5. The van der Waals surface area contributed by atoms with E-state index >= 15 is 0 Å². The summed E-state index contributed by atoms with van der Waals surface area (Å²) in [6.07, 6.45) is 1.55. The van der Waals surface area contributed by atoms with E-state index in [4.69, 9.17) is 14.6 Å². The second kappa shape index (κ2) is 11.2. The third-order valence-corrected chi connectivity index (χ3v) is 7.66. The summed E-state index contributed by atoms with van der Waals surface area (Å²) in [6, 6.07) is 28.4. The first-order valence-corrected chi connectivity index (χ1v) is 13.2. The summed E-state index contributed by atoms with van der Waals surface area (Å²) < 4.78 is 12.3. The standard InChI is InChI=1S/C32H33N3O4/c1-32(24-11-6-4-7-12-24,25-13-8-5-9-14-25)31(37)34-20-10-15-26(22-34)35-30(36)19-17-27(33-35)23-16-18-28(38-2)29(21-23)39-3/h4-9,11-14,16-19,21,26H,10,15,20,22H2,1-3H3/t26-/m0/s1.